The summed E-state index contributed by atoms with van der Waals surface area (Å²) < 4.78 is 0. The van der Waals surface area contributed by atoms with Crippen LogP contribution < -0.4 is 15.1 Å². The van der Waals surface area contributed by atoms with E-state index in [1.807, 2.05) is 6.07 Å². The van der Waals surface area contributed by atoms with Crippen molar-refractivity contribution in [2.24, 2.45) is 0 Å². The molecule has 0 saturated carbocycles. The maximum absolute atomic E-state index is 12.6. The SMILES string of the molecule is C[NH+]1CCN(c2ccc(Cl)cc2NC(=O)c2cccc([N+](=O)[O-])c2)CC1. The van der Waals surface area contributed by atoms with Crippen molar-refractivity contribution >= 4 is 34.6 Å². The first kappa shape index (κ1) is 18.2. The van der Waals surface area contributed by atoms with E-state index in [1.54, 1.807) is 18.2 Å². The number of nitro benzene ring substituents is 1. The molecule has 26 heavy (non-hydrogen) atoms. The Kier molecular flexibility index (Phi) is 5.39. The van der Waals surface area contributed by atoms with E-state index in [0.717, 1.165) is 31.9 Å². The molecule has 1 amide bonds. The van der Waals surface area contributed by atoms with E-state index in [9.17, 15) is 14.9 Å². The third kappa shape index (κ3) is 4.12. The van der Waals surface area contributed by atoms with Gasteiger partial charge in [-0.15, -0.1) is 0 Å². The highest BCUT2D eigenvalue weighted by atomic mass is 35.5. The average Bonchev–Trinajstić information content (AvgIpc) is 2.63. The number of piperazine rings is 1. The maximum Gasteiger partial charge on any atom is 0.270 e. The van der Waals surface area contributed by atoms with E-state index >= 15 is 0 Å². The largest absolute Gasteiger partial charge is 0.359 e. The van der Waals surface area contributed by atoms with Crippen molar-refractivity contribution in [3.63, 3.8) is 0 Å². The van der Waals surface area contributed by atoms with Crippen molar-refractivity contribution in [3.05, 3.63) is 63.2 Å². The van der Waals surface area contributed by atoms with Crippen LogP contribution in [0.5, 0.6) is 0 Å². The Morgan fingerprint density at radius 1 is 1.23 bits per heavy atom. The number of nitro groups is 1. The zero-order chi connectivity index (χ0) is 18.7. The van der Waals surface area contributed by atoms with Crippen LogP contribution in [0.3, 0.4) is 0 Å². The summed E-state index contributed by atoms with van der Waals surface area (Å²) in [5.74, 6) is -0.406. The van der Waals surface area contributed by atoms with Crippen molar-refractivity contribution in [2.45, 2.75) is 0 Å². The molecule has 0 bridgehead atoms. The molecule has 1 saturated heterocycles. The Labute approximate surface area is 156 Å². The van der Waals surface area contributed by atoms with Crippen LogP contribution in [-0.4, -0.2) is 44.1 Å². The fourth-order valence-electron chi connectivity index (χ4n) is 2.97. The summed E-state index contributed by atoms with van der Waals surface area (Å²) in [5.41, 5.74) is 1.62. The molecule has 0 radical (unpaired) electrons. The molecule has 1 aliphatic heterocycles. The number of carbonyl (C=O) groups is 1. The van der Waals surface area contributed by atoms with Crippen LogP contribution in [0.15, 0.2) is 42.5 Å². The van der Waals surface area contributed by atoms with E-state index in [1.165, 1.54) is 23.1 Å². The Morgan fingerprint density at radius 2 is 1.96 bits per heavy atom. The molecule has 2 aromatic carbocycles. The molecule has 0 spiro atoms. The first-order valence-corrected chi connectivity index (χ1v) is 8.73. The van der Waals surface area contributed by atoms with Gasteiger partial charge in [0.2, 0.25) is 0 Å². The molecule has 1 heterocycles. The number of hydrogen-bond acceptors (Lipinski definition) is 4. The molecular weight excluding hydrogens is 356 g/mol. The van der Waals surface area contributed by atoms with Crippen molar-refractivity contribution in [3.8, 4) is 0 Å². The molecule has 1 aliphatic rings. The highest BCUT2D eigenvalue weighted by molar-refractivity contribution is 6.31. The molecule has 0 unspecified atom stereocenters. The number of likely N-dealkylation sites (N-methyl/N-ethyl adjacent to an activating group) is 1. The maximum atomic E-state index is 12.6. The molecule has 3 rings (SSSR count). The van der Waals surface area contributed by atoms with Gasteiger partial charge in [-0.3, -0.25) is 14.9 Å². The number of halogens is 1. The smallest absolute Gasteiger partial charge is 0.270 e. The standard InChI is InChI=1S/C18H19ClN4O3/c1-21-7-9-22(10-8-21)17-6-5-14(19)12-16(17)20-18(24)13-3-2-4-15(11-13)23(25)26/h2-6,11-12H,7-10H2,1H3,(H,20,24)/p+1. The van der Waals surface area contributed by atoms with Crippen LogP contribution in [0.25, 0.3) is 0 Å². The molecule has 0 atom stereocenters. The third-order valence-corrected chi connectivity index (χ3v) is 4.72. The van der Waals surface area contributed by atoms with Crippen LogP contribution in [-0.2, 0) is 0 Å². The lowest BCUT2D eigenvalue weighted by Crippen LogP contribution is -3.12. The number of nitrogens with one attached hydrogen (secondary N) is 2. The van der Waals surface area contributed by atoms with Gasteiger partial charge in [0.15, 0.2) is 0 Å². The summed E-state index contributed by atoms with van der Waals surface area (Å²) in [6, 6.07) is 11.1. The molecule has 2 N–H and O–H groups in total. The quantitative estimate of drug-likeness (QED) is 0.631. The van der Waals surface area contributed by atoms with Crippen molar-refractivity contribution in [2.75, 3.05) is 43.4 Å². The number of carbonyl (C=O) groups excluding carboxylic acids is 1. The lowest BCUT2D eigenvalue weighted by atomic mass is 10.1. The number of quaternary nitrogens is 1. The van der Waals surface area contributed by atoms with Gasteiger partial charge in [-0.2, -0.15) is 0 Å². The normalized spacial score (nSPS) is 14.9. The van der Waals surface area contributed by atoms with Gasteiger partial charge in [0.1, 0.15) is 0 Å². The lowest BCUT2D eigenvalue weighted by Gasteiger charge is -2.33. The molecule has 2 aromatic rings. The molecule has 8 heteroatoms. The first-order chi connectivity index (χ1) is 12.4. The Balaban J connectivity index is 1.85. The van der Waals surface area contributed by atoms with E-state index in [0.29, 0.717) is 10.7 Å². The minimum Gasteiger partial charge on any atom is -0.359 e. The minimum absolute atomic E-state index is 0.119. The molecule has 1 fully saturated rings. The number of hydrogen-bond donors (Lipinski definition) is 2. The summed E-state index contributed by atoms with van der Waals surface area (Å²) in [4.78, 5) is 26.7. The molecular formula is C18H20ClN4O3+. The molecule has 0 aromatic heterocycles. The lowest BCUT2D eigenvalue weighted by molar-refractivity contribution is -0.880. The van der Waals surface area contributed by atoms with Gasteiger partial charge in [-0.25, -0.2) is 0 Å². The summed E-state index contributed by atoms with van der Waals surface area (Å²) in [7, 11) is 2.16. The monoisotopic (exact) mass is 375 g/mol. The number of anilines is 2. The molecule has 0 aliphatic carbocycles. The van der Waals surface area contributed by atoms with Gasteiger partial charge in [-0.1, -0.05) is 17.7 Å². The second-order valence-electron chi connectivity index (χ2n) is 6.37. The predicted octanol–water partition coefficient (Wildman–Crippen LogP) is 1.84. The van der Waals surface area contributed by atoms with E-state index in [4.69, 9.17) is 11.6 Å². The number of rotatable bonds is 4. The summed E-state index contributed by atoms with van der Waals surface area (Å²) in [6.45, 7) is 3.79. The van der Waals surface area contributed by atoms with E-state index < -0.39 is 10.8 Å². The second-order valence-corrected chi connectivity index (χ2v) is 6.80. The van der Waals surface area contributed by atoms with E-state index in [2.05, 4.69) is 17.3 Å². The van der Waals surface area contributed by atoms with Gasteiger partial charge in [-0.05, 0) is 24.3 Å². The van der Waals surface area contributed by atoms with E-state index in [-0.39, 0.29) is 11.3 Å². The topological polar surface area (TPSA) is 79.9 Å². The zero-order valence-corrected chi connectivity index (χ0v) is 15.1. The number of amides is 1. The van der Waals surface area contributed by atoms with Gasteiger partial charge in [0.05, 0.1) is 49.5 Å². The van der Waals surface area contributed by atoms with Crippen LogP contribution >= 0.6 is 11.6 Å². The molecule has 136 valence electrons. The zero-order valence-electron chi connectivity index (χ0n) is 14.4. The average molecular weight is 376 g/mol. The first-order valence-electron chi connectivity index (χ1n) is 8.35. The second kappa shape index (κ2) is 7.72. The van der Waals surface area contributed by atoms with Gasteiger partial charge in [0.25, 0.3) is 11.6 Å². The van der Waals surface area contributed by atoms with Crippen LogP contribution in [0, 0.1) is 10.1 Å². The fraction of sp³-hybridized carbons (Fsp3) is 0.278. The van der Waals surface area contributed by atoms with Crippen molar-refractivity contribution in [1.82, 2.24) is 0 Å². The Hall–Kier alpha value is -2.64. The Morgan fingerprint density at radius 3 is 2.65 bits per heavy atom. The van der Waals surface area contributed by atoms with Gasteiger partial charge < -0.3 is 15.1 Å². The molecule has 7 nitrogen and oxygen atoms in total. The summed E-state index contributed by atoms with van der Waals surface area (Å²) in [5, 5.41) is 14.3. The summed E-state index contributed by atoms with van der Waals surface area (Å²) in [6.07, 6.45) is 0. The van der Waals surface area contributed by atoms with Gasteiger partial charge >= 0.3 is 0 Å². The van der Waals surface area contributed by atoms with Crippen LogP contribution in [0.4, 0.5) is 17.1 Å². The minimum atomic E-state index is -0.520. The number of nitrogens with zero attached hydrogens (tertiary/aromatic N) is 2. The van der Waals surface area contributed by atoms with Crippen LogP contribution in [0.1, 0.15) is 10.4 Å². The third-order valence-electron chi connectivity index (χ3n) is 4.48. The number of non-ortho nitro benzene ring substituents is 1. The van der Waals surface area contributed by atoms with Crippen molar-refractivity contribution < 1.29 is 14.6 Å². The van der Waals surface area contributed by atoms with Gasteiger partial charge in [0, 0.05) is 22.7 Å². The predicted molar refractivity (Wildman–Crippen MR) is 101 cm³/mol. The fourth-order valence-corrected chi connectivity index (χ4v) is 3.14. The Bertz CT molecular complexity index is 835. The summed E-state index contributed by atoms with van der Waals surface area (Å²) >= 11 is 6.11. The highest BCUT2D eigenvalue weighted by Crippen LogP contribution is 2.30. The highest BCUT2D eigenvalue weighted by Gasteiger charge is 2.21. The van der Waals surface area contributed by atoms with Crippen molar-refractivity contribution in [1.29, 1.82) is 0 Å². The number of benzene rings is 2. The van der Waals surface area contributed by atoms with Crippen LogP contribution in [0.2, 0.25) is 5.02 Å².